The van der Waals surface area contributed by atoms with E-state index in [9.17, 15) is 4.79 Å². The summed E-state index contributed by atoms with van der Waals surface area (Å²) >= 11 is 0. The summed E-state index contributed by atoms with van der Waals surface area (Å²) < 4.78 is 7.69. The predicted octanol–water partition coefficient (Wildman–Crippen LogP) is 1.67. The number of carbonyl (C=O) groups is 1. The van der Waals surface area contributed by atoms with Crippen LogP contribution < -0.4 is 4.90 Å². The molecule has 30 heavy (non-hydrogen) atoms. The molecule has 0 spiro atoms. The molecule has 9 heteroatoms. The zero-order valence-electron chi connectivity index (χ0n) is 17.1. The average molecular weight is 407 g/mol. The highest BCUT2D eigenvalue weighted by atomic mass is 16.5. The summed E-state index contributed by atoms with van der Waals surface area (Å²) in [5.41, 5.74) is 3.27. The van der Waals surface area contributed by atoms with Crippen LogP contribution in [0.3, 0.4) is 0 Å². The predicted molar refractivity (Wildman–Crippen MR) is 111 cm³/mol. The van der Waals surface area contributed by atoms with Gasteiger partial charge < -0.3 is 14.5 Å². The number of aryl methyl sites for hydroxylation is 1. The lowest BCUT2D eigenvalue weighted by Crippen LogP contribution is -2.47. The number of anilines is 1. The van der Waals surface area contributed by atoms with Crippen LogP contribution in [0.5, 0.6) is 0 Å². The first kappa shape index (κ1) is 18.9. The van der Waals surface area contributed by atoms with Gasteiger partial charge in [-0.25, -0.2) is 14.6 Å². The minimum absolute atomic E-state index is 0.0328. The second-order valence-corrected chi connectivity index (χ2v) is 7.95. The molecule has 1 amide bonds. The molecule has 2 aliphatic rings. The number of carbonyl (C=O) groups excluding carboxylic acids is 1. The van der Waals surface area contributed by atoms with Crippen LogP contribution in [0.2, 0.25) is 0 Å². The molecule has 2 aliphatic heterocycles. The first-order valence-corrected chi connectivity index (χ1v) is 10.5. The van der Waals surface area contributed by atoms with Crippen LogP contribution in [0.4, 0.5) is 5.82 Å². The van der Waals surface area contributed by atoms with Gasteiger partial charge in [-0.15, -0.1) is 5.10 Å². The Morgan fingerprint density at radius 2 is 1.93 bits per heavy atom. The molecule has 1 atom stereocenters. The molecule has 2 saturated heterocycles. The van der Waals surface area contributed by atoms with Crippen LogP contribution in [-0.4, -0.2) is 74.7 Å². The van der Waals surface area contributed by atoms with E-state index in [1.54, 1.807) is 11.0 Å². The third-order valence-corrected chi connectivity index (χ3v) is 5.79. The molecule has 9 nitrogen and oxygen atoms in total. The van der Waals surface area contributed by atoms with Crippen molar-refractivity contribution in [3.8, 4) is 0 Å². The van der Waals surface area contributed by atoms with Gasteiger partial charge in [0.05, 0.1) is 19.3 Å². The highest BCUT2D eigenvalue weighted by molar-refractivity contribution is 5.94. The van der Waals surface area contributed by atoms with Crippen molar-refractivity contribution in [2.45, 2.75) is 32.4 Å². The number of fused-ring (bicyclic) bond motifs is 1. The van der Waals surface area contributed by atoms with E-state index in [-0.39, 0.29) is 12.0 Å². The van der Waals surface area contributed by atoms with Crippen molar-refractivity contribution < 1.29 is 9.53 Å². The molecule has 4 heterocycles. The molecular weight excluding hydrogens is 382 g/mol. The van der Waals surface area contributed by atoms with Gasteiger partial charge in [0.25, 0.3) is 5.91 Å². The fourth-order valence-corrected chi connectivity index (χ4v) is 4.15. The minimum Gasteiger partial charge on any atom is -0.373 e. The molecule has 156 valence electrons. The number of aromatic nitrogens is 5. The van der Waals surface area contributed by atoms with Gasteiger partial charge in [-0.2, -0.15) is 0 Å². The Morgan fingerprint density at radius 1 is 1.13 bits per heavy atom. The van der Waals surface area contributed by atoms with Gasteiger partial charge in [0.2, 0.25) is 0 Å². The molecular formula is C21H25N7O2. The summed E-state index contributed by atoms with van der Waals surface area (Å²) in [5, 5.41) is 8.66. The normalized spacial score (nSPS) is 19.6. The van der Waals surface area contributed by atoms with Gasteiger partial charge >= 0.3 is 0 Å². The van der Waals surface area contributed by atoms with E-state index in [1.165, 1.54) is 12.8 Å². The Morgan fingerprint density at radius 3 is 2.73 bits per heavy atom. The van der Waals surface area contributed by atoms with E-state index >= 15 is 0 Å². The van der Waals surface area contributed by atoms with E-state index < -0.39 is 0 Å². The van der Waals surface area contributed by atoms with Gasteiger partial charge in [-0.1, -0.05) is 22.9 Å². The third kappa shape index (κ3) is 3.60. The van der Waals surface area contributed by atoms with Crippen molar-refractivity contribution in [3.63, 3.8) is 0 Å². The average Bonchev–Trinajstić information content (AvgIpc) is 3.45. The summed E-state index contributed by atoms with van der Waals surface area (Å²) in [5.74, 6) is 0.884. The van der Waals surface area contributed by atoms with Gasteiger partial charge in [0.1, 0.15) is 6.33 Å². The SMILES string of the molecule is Cc1ccc(C(=O)N2CCO[C@@H](Cn3nnc4c(N5CCCC5)ncnc43)C2)cc1. The van der Waals surface area contributed by atoms with E-state index in [2.05, 4.69) is 25.2 Å². The van der Waals surface area contributed by atoms with Crippen LogP contribution in [0.25, 0.3) is 11.2 Å². The van der Waals surface area contributed by atoms with Crippen LogP contribution in [0.15, 0.2) is 30.6 Å². The summed E-state index contributed by atoms with van der Waals surface area (Å²) in [6.07, 6.45) is 3.74. The Balaban J connectivity index is 1.32. The summed E-state index contributed by atoms with van der Waals surface area (Å²) in [6, 6.07) is 7.68. The van der Waals surface area contributed by atoms with Crippen molar-refractivity contribution >= 4 is 22.9 Å². The second kappa shape index (κ2) is 7.98. The minimum atomic E-state index is -0.164. The molecule has 0 unspecified atom stereocenters. The number of benzene rings is 1. The monoisotopic (exact) mass is 407 g/mol. The Bertz CT molecular complexity index is 1040. The van der Waals surface area contributed by atoms with Gasteiger partial charge in [0.15, 0.2) is 17.0 Å². The summed E-state index contributed by atoms with van der Waals surface area (Å²) in [4.78, 5) is 25.8. The van der Waals surface area contributed by atoms with Crippen LogP contribution in [0, 0.1) is 6.92 Å². The zero-order chi connectivity index (χ0) is 20.5. The number of morpholine rings is 1. The Kier molecular flexibility index (Phi) is 5.04. The topological polar surface area (TPSA) is 89.3 Å². The zero-order valence-corrected chi connectivity index (χ0v) is 17.1. The van der Waals surface area contributed by atoms with E-state index in [0.717, 1.165) is 30.0 Å². The lowest BCUT2D eigenvalue weighted by atomic mass is 10.1. The van der Waals surface area contributed by atoms with E-state index in [0.29, 0.717) is 37.5 Å². The number of amides is 1. The Labute approximate surface area is 174 Å². The number of ether oxygens (including phenoxy) is 1. The number of hydrogen-bond acceptors (Lipinski definition) is 7. The van der Waals surface area contributed by atoms with Crippen LogP contribution in [0.1, 0.15) is 28.8 Å². The number of hydrogen-bond donors (Lipinski definition) is 0. The van der Waals surface area contributed by atoms with Gasteiger partial charge in [0, 0.05) is 31.7 Å². The highest BCUT2D eigenvalue weighted by Gasteiger charge is 2.27. The van der Waals surface area contributed by atoms with Crippen molar-refractivity contribution in [1.82, 2.24) is 29.9 Å². The fraction of sp³-hybridized carbons (Fsp3) is 0.476. The summed E-state index contributed by atoms with van der Waals surface area (Å²) in [6.45, 7) is 6.08. The van der Waals surface area contributed by atoms with Crippen LogP contribution >= 0.6 is 0 Å². The molecule has 0 aliphatic carbocycles. The van der Waals surface area contributed by atoms with Crippen molar-refractivity contribution in [3.05, 3.63) is 41.7 Å². The highest BCUT2D eigenvalue weighted by Crippen LogP contribution is 2.24. The first-order valence-electron chi connectivity index (χ1n) is 10.5. The molecule has 5 rings (SSSR count). The lowest BCUT2D eigenvalue weighted by Gasteiger charge is -2.33. The quantitative estimate of drug-likeness (QED) is 0.650. The smallest absolute Gasteiger partial charge is 0.254 e. The first-order chi connectivity index (χ1) is 14.7. The lowest BCUT2D eigenvalue weighted by molar-refractivity contribution is -0.0297. The van der Waals surface area contributed by atoms with E-state index in [4.69, 9.17) is 4.74 Å². The maximum absolute atomic E-state index is 12.9. The van der Waals surface area contributed by atoms with E-state index in [1.807, 2.05) is 36.1 Å². The molecule has 0 bridgehead atoms. The second-order valence-electron chi connectivity index (χ2n) is 7.95. The standard InChI is InChI=1S/C21H25N7O2/c1-15-4-6-16(7-5-15)21(29)27-10-11-30-17(12-27)13-28-20-18(24-25-28)19(22-14-23-20)26-8-2-3-9-26/h4-7,14,17H,2-3,8-13H2,1H3/t17-/m1/s1. The molecule has 3 aromatic rings. The largest absolute Gasteiger partial charge is 0.373 e. The van der Waals surface area contributed by atoms with Gasteiger partial charge in [-0.3, -0.25) is 4.79 Å². The molecule has 0 radical (unpaired) electrons. The molecule has 1 aromatic carbocycles. The van der Waals surface area contributed by atoms with Crippen LogP contribution in [-0.2, 0) is 11.3 Å². The molecule has 0 N–H and O–H groups in total. The number of rotatable bonds is 4. The molecule has 0 saturated carbocycles. The maximum atomic E-state index is 12.9. The van der Waals surface area contributed by atoms with Crippen molar-refractivity contribution in [2.75, 3.05) is 37.7 Å². The maximum Gasteiger partial charge on any atom is 0.254 e. The molecule has 2 aromatic heterocycles. The van der Waals surface area contributed by atoms with Gasteiger partial charge in [-0.05, 0) is 31.9 Å². The number of nitrogens with zero attached hydrogens (tertiary/aromatic N) is 7. The third-order valence-electron chi connectivity index (χ3n) is 5.79. The van der Waals surface area contributed by atoms with Crippen molar-refractivity contribution in [1.29, 1.82) is 0 Å². The Hall–Kier alpha value is -3.07. The molecule has 2 fully saturated rings. The summed E-state index contributed by atoms with van der Waals surface area (Å²) in [7, 11) is 0. The van der Waals surface area contributed by atoms with Crippen molar-refractivity contribution in [2.24, 2.45) is 0 Å². The fourth-order valence-electron chi connectivity index (χ4n) is 4.15.